The summed E-state index contributed by atoms with van der Waals surface area (Å²) in [5.74, 6) is 1.57. The summed E-state index contributed by atoms with van der Waals surface area (Å²) in [6, 6.07) is 0. The number of rotatable bonds is 0. The van der Waals surface area contributed by atoms with Gasteiger partial charge < -0.3 is 5.11 Å². The van der Waals surface area contributed by atoms with E-state index in [1.807, 2.05) is 0 Å². The monoisotopic (exact) mass is 300 g/mol. The molecule has 0 heterocycles. The fraction of sp³-hybridized carbons (Fsp3) is 0.684. The smallest absolute Gasteiger partial charge is 0.219 e. The summed E-state index contributed by atoms with van der Waals surface area (Å²) >= 11 is 0. The first kappa shape index (κ1) is 14.2. The number of carbonyl (C=O) groups is 2. The summed E-state index contributed by atoms with van der Waals surface area (Å²) in [6.45, 7) is 4.47. The predicted molar refractivity (Wildman–Crippen MR) is 83.2 cm³/mol. The van der Waals surface area contributed by atoms with Crippen LogP contribution >= 0.6 is 0 Å². The van der Waals surface area contributed by atoms with Gasteiger partial charge in [-0.05, 0) is 61.0 Å². The molecule has 0 bridgehead atoms. The SMILES string of the molecule is C[C@]12CC[C@H]3[C@@H](CCC4=CC(=O)C(O)=C[C@@]43C)[C@@H]1CC(=O)C2. The van der Waals surface area contributed by atoms with Crippen molar-refractivity contribution in [1.82, 2.24) is 0 Å². The minimum Gasteiger partial charge on any atom is -0.504 e. The molecule has 4 aliphatic rings. The maximum Gasteiger partial charge on any atom is 0.219 e. The highest BCUT2D eigenvalue weighted by molar-refractivity contribution is 6.04. The molecule has 3 heteroatoms. The molecule has 3 nitrogen and oxygen atoms in total. The number of hydrogen-bond donors (Lipinski definition) is 1. The lowest BCUT2D eigenvalue weighted by molar-refractivity contribution is -0.118. The van der Waals surface area contributed by atoms with Gasteiger partial charge in [0.1, 0.15) is 5.78 Å². The lowest BCUT2D eigenvalue weighted by atomic mass is 9.48. The van der Waals surface area contributed by atoms with Gasteiger partial charge in [0.05, 0.1) is 0 Å². The Kier molecular flexibility index (Phi) is 2.80. The zero-order valence-corrected chi connectivity index (χ0v) is 13.4. The van der Waals surface area contributed by atoms with Crippen molar-refractivity contribution >= 4 is 11.6 Å². The largest absolute Gasteiger partial charge is 0.504 e. The minimum atomic E-state index is -0.248. The van der Waals surface area contributed by atoms with E-state index in [2.05, 4.69) is 13.8 Å². The first-order valence-electron chi connectivity index (χ1n) is 8.52. The molecule has 5 atom stereocenters. The summed E-state index contributed by atoms with van der Waals surface area (Å²) in [4.78, 5) is 23.8. The van der Waals surface area contributed by atoms with Crippen LogP contribution in [0, 0.1) is 28.6 Å². The van der Waals surface area contributed by atoms with Gasteiger partial charge in [0.15, 0.2) is 5.76 Å². The fourth-order valence-electron chi connectivity index (χ4n) is 6.06. The molecule has 22 heavy (non-hydrogen) atoms. The summed E-state index contributed by atoms with van der Waals surface area (Å²) in [6.07, 6.45) is 9.16. The Bertz CT molecular complexity index is 629. The molecule has 0 amide bonds. The average Bonchev–Trinajstić information content (AvgIpc) is 2.75. The summed E-state index contributed by atoms with van der Waals surface area (Å²) in [7, 11) is 0. The van der Waals surface area contributed by atoms with Crippen molar-refractivity contribution in [1.29, 1.82) is 0 Å². The third kappa shape index (κ3) is 1.74. The molecular weight excluding hydrogens is 276 g/mol. The van der Waals surface area contributed by atoms with Gasteiger partial charge in [-0.25, -0.2) is 0 Å². The van der Waals surface area contributed by atoms with E-state index in [0.717, 1.165) is 38.5 Å². The number of aliphatic hydroxyl groups excluding tert-OH is 1. The van der Waals surface area contributed by atoms with E-state index in [1.54, 1.807) is 12.2 Å². The number of fused-ring (bicyclic) bond motifs is 5. The third-order valence-electron chi connectivity index (χ3n) is 7.21. The molecule has 118 valence electrons. The van der Waals surface area contributed by atoms with E-state index >= 15 is 0 Å². The molecule has 0 aliphatic heterocycles. The van der Waals surface area contributed by atoms with Crippen molar-refractivity contribution in [2.45, 2.75) is 52.4 Å². The van der Waals surface area contributed by atoms with E-state index in [1.165, 1.54) is 5.57 Å². The van der Waals surface area contributed by atoms with Gasteiger partial charge in [0.2, 0.25) is 5.78 Å². The Morgan fingerprint density at radius 3 is 2.73 bits per heavy atom. The van der Waals surface area contributed by atoms with Crippen LogP contribution in [0.15, 0.2) is 23.5 Å². The third-order valence-corrected chi connectivity index (χ3v) is 7.21. The number of allylic oxidation sites excluding steroid dienone is 3. The standard InChI is InChI=1S/C19H24O3/c1-18-6-5-14-13(15(18)8-12(20)9-18)4-3-11-7-16(21)17(22)10-19(11,14)2/h7,10,13-15,22H,3-6,8-9H2,1-2H3/t13-,14+,15+,18-,19+/m1/s1. The first-order valence-corrected chi connectivity index (χ1v) is 8.52. The summed E-state index contributed by atoms with van der Waals surface area (Å²) in [5.41, 5.74) is 1.17. The van der Waals surface area contributed by atoms with Crippen LogP contribution in [0.2, 0.25) is 0 Å². The van der Waals surface area contributed by atoms with Crippen molar-refractivity contribution in [3.05, 3.63) is 23.5 Å². The second-order valence-electron chi connectivity index (χ2n) is 8.37. The Hall–Kier alpha value is -1.38. The predicted octanol–water partition coefficient (Wildman–Crippen LogP) is 3.75. The van der Waals surface area contributed by atoms with E-state index < -0.39 is 0 Å². The van der Waals surface area contributed by atoms with Gasteiger partial charge in [-0.3, -0.25) is 9.59 Å². The highest BCUT2D eigenvalue weighted by atomic mass is 16.3. The second kappa shape index (κ2) is 4.33. The molecule has 0 radical (unpaired) electrons. The average molecular weight is 300 g/mol. The number of ketones is 2. The molecule has 4 rings (SSSR count). The molecular formula is C19H24O3. The number of aliphatic hydroxyl groups is 1. The molecule has 1 N–H and O–H groups in total. The van der Waals surface area contributed by atoms with Crippen molar-refractivity contribution in [2.75, 3.05) is 0 Å². The number of hydrogen-bond acceptors (Lipinski definition) is 3. The van der Waals surface area contributed by atoms with E-state index in [-0.39, 0.29) is 22.4 Å². The Morgan fingerprint density at radius 2 is 1.95 bits per heavy atom. The zero-order valence-electron chi connectivity index (χ0n) is 13.4. The molecule has 0 unspecified atom stereocenters. The van der Waals surface area contributed by atoms with E-state index in [9.17, 15) is 14.7 Å². The van der Waals surface area contributed by atoms with Crippen LogP contribution in [-0.4, -0.2) is 16.7 Å². The molecule has 3 fully saturated rings. The van der Waals surface area contributed by atoms with Crippen LogP contribution in [0.5, 0.6) is 0 Å². The van der Waals surface area contributed by atoms with Gasteiger partial charge in [-0.15, -0.1) is 0 Å². The van der Waals surface area contributed by atoms with Crippen LogP contribution in [0.4, 0.5) is 0 Å². The lowest BCUT2D eigenvalue weighted by Crippen LogP contribution is -2.48. The van der Waals surface area contributed by atoms with Crippen LogP contribution in [-0.2, 0) is 9.59 Å². The van der Waals surface area contributed by atoms with Crippen molar-refractivity contribution < 1.29 is 14.7 Å². The van der Waals surface area contributed by atoms with Crippen molar-refractivity contribution in [2.24, 2.45) is 28.6 Å². The zero-order chi connectivity index (χ0) is 15.7. The summed E-state index contributed by atoms with van der Waals surface area (Å²) < 4.78 is 0. The van der Waals surface area contributed by atoms with Crippen LogP contribution in [0.25, 0.3) is 0 Å². The lowest BCUT2D eigenvalue weighted by Gasteiger charge is -2.55. The van der Waals surface area contributed by atoms with E-state index in [4.69, 9.17) is 0 Å². The van der Waals surface area contributed by atoms with Gasteiger partial charge in [-0.1, -0.05) is 19.4 Å². The minimum absolute atomic E-state index is 0.0947. The van der Waals surface area contributed by atoms with Gasteiger partial charge in [-0.2, -0.15) is 0 Å². The Balaban J connectivity index is 1.73. The first-order chi connectivity index (χ1) is 10.3. The van der Waals surface area contributed by atoms with Gasteiger partial charge in [0, 0.05) is 18.3 Å². The Labute approximate surface area is 131 Å². The number of carbonyl (C=O) groups excluding carboxylic acids is 2. The Morgan fingerprint density at radius 1 is 1.18 bits per heavy atom. The van der Waals surface area contributed by atoms with E-state index in [0.29, 0.717) is 23.5 Å². The number of Topliss-reactive ketones (excluding diaryl/α,β-unsaturated/α-hetero) is 1. The normalized spacial score (nSPS) is 47.3. The van der Waals surface area contributed by atoms with Crippen molar-refractivity contribution in [3.63, 3.8) is 0 Å². The highest BCUT2D eigenvalue weighted by Crippen LogP contribution is 2.63. The maximum atomic E-state index is 12.0. The van der Waals surface area contributed by atoms with Crippen LogP contribution < -0.4 is 0 Å². The van der Waals surface area contributed by atoms with Crippen LogP contribution in [0.1, 0.15) is 52.4 Å². The molecule has 4 aliphatic carbocycles. The quantitative estimate of drug-likeness (QED) is 0.741. The molecule has 0 aromatic rings. The molecule has 3 saturated carbocycles. The fourth-order valence-corrected chi connectivity index (χ4v) is 6.06. The molecule has 0 saturated heterocycles. The highest BCUT2D eigenvalue weighted by Gasteiger charge is 2.57. The van der Waals surface area contributed by atoms with Crippen molar-refractivity contribution in [3.8, 4) is 0 Å². The second-order valence-corrected chi connectivity index (χ2v) is 8.37. The summed E-state index contributed by atoms with van der Waals surface area (Å²) in [5, 5.41) is 9.97. The molecule has 0 aromatic carbocycles. The topological polar surface area (TPSA) is 54.4 Å². The van der Waals surface area contributed by atoms with Gasteiger partial charge in [0.25, 0.3) is 0 Å². The van der Waals surface area contributed by atoms with Gasteiger partial charge >= 0.3 is 0 Å². The van der Waals surface area contributed by atoms with Crippen LogP contribution in [0.3, 0.4) is 0 Å². The molecule has 0 aromatic heterocycles. The maximum absolute atomic E-state index is 12.0. The molecule has 0 spiro atoms.